The summed E-state index contributed by atoms with van der Waals surface area (Å²) in [6.45, 7) is 2.11. The first-order valence-electron chi connectivity index (χ1n) is 5.81. The van der Waals surface area contributed by atoms with Crippen molar-refractivity contribution in [2.45, 2.75) is 19.8 Å². The highest BCUT2D eigenvalue weighted by Crippen LogP contribution is 2.34. The molecule has 0 aliphatic heterocycles. The zero-order chi connectivity index (χ0) is 13.3. The van der Waals surface area contributed by atoms with Crippen LogP contribution in [-0.2, 0) is 13.5 Å². The van der Waals surface area contributed by atoms with Crippen molar-refractivity contribution in [3.8, 4) is 11.3 Å². The molecule has 96 valence electrons. The monoisotopic (exact) mass is 283 g/mol. The number of rotatable bonds is 3. The average Bonchev–Trinajstić information content (AvgIpc) is 2.58. The molecule has 0 bridgehead atoms. The van der Waals surface area contributed by atoms with Crippen LogP contribution >= 0.6 is 23.2 Å². The molecule has 5 heteroatoms. The summed E-state index contributed by atoms with van der Waals surface area (Å²) in [5.41, 5.74) is 8.80. The lowest BCUT2D eigenvalue weighted by molar-refractivity contribution is 0.781. The molecule has 1 heterocycles. The molecule has 2 N–H and O–H groups in total. The summed E-state index contributed by atoms with van der Waals surface area (Å²) in [6, 6.07) is 5.41. The zero-order valence-electron chi connectivity index (χ0n) is 10.4. The lowest BCUT2D eigenvalue weighted by Crippen LogP contribution is -1.99. The van der Waals surface area contributed by atoms with Crippen molar-refractivity contribution in [2.75, 3.05) is 5.73 Å². The lowest BCUT2D eigenvalue weighted by atomic mass is 10.0. The van der Waals surface area contributed by atoms with E-state index in [4.69, 9.17) is 28.9 Å². The van der Waals surface area contributed by atoms with Crippen LogP contribution in [0.15, 0.2) is 18.2 Å². The van der Waals surface area contributed by atoms with Gasteiger partial charge in [-0.3, -0.25) is 4.68 Å². The molecule has 0 aliphatic rings. The maximum absolute atomic E-state index is 6.22. The van der Waals surface area contributed by atoms with Gasteiger partial charge < -0.3 is 5.73 Å². The van der Waals surface area contributed by atoms with Crippen LogP contribution in [0.5, 0.6) is 0 Å². The second-order valence-corrected chi connectivity index (χ2v) is 5.05. The summed E-state index contributed by atoms with van der Waals surface area (Å²) in [4.78, 5) is 0. The van der Waals surface area contributed by atoms with Gasteiger partial charge in [-0.05, 0) is 24.6 Å². The molecule has 0 saturated heterocycles. The van der Waals surface area contributed by atoms with Crippen LogP contribution < -0.4 is 5.73 Å². The van der Waals surface area contributed by atoms with Gasteiger partial charge in [-0.1, -0.05) is 36.5 Å². The Morgan fingerprint density at radius 3 is 2.67 bits per heavy atom. The number of benzene rings is 1. The van der Waals surface area contributed by atoms with Crippen LogP contribution in [0.2, 0.25) is 10.0 Å². The van der Waals surface area contributed by atoms with E-state index in [1.54, 1.807) is 10.7 Å². The van der Waals surface area contributed by atoms with E-state index >= 15 is 0 Å². The highest BCUT2D eigenvalue weighted by Gasteiger charge is 2.16. The lowest BCUT2D eigenvalue weighted by Gasteiger charge is -2.05. The van der Waals surface area contributed by atoms with Crippen molar-refractivity contribution in [2.24, 2.45) is 7.05 Å². The number of nitrogens with zero attached hydrogens (tertiary/aromatic N) is 2. The summed E-state index contributed by atoms with van der Waals surface area (Å²) in [7, 11) is 1.84. The quantitative estimate of drug-likeness (QED) is 0.928. The number of hydrogen-bond donors (Lipinski definition) is 1. The standard InChI is InChI=1S/C13H15Cl2N3/c1-3-4-10-12(17-18(2)13(10)16)9-6-5-8(14)7-11(9)15/h5-7H,3-4,16H2,1-2H3. The molecule has 2 rings (SSSR count). The molecule has 0 unspecified atom stereocenters. The zero-order valence-corrected chi connectivity index (χ0v) is 11.9. The molecule has 0 amide bonds. The van der Waals surface area contributed by atoms with Gasteiger partial charge in [0.1, 0.15) is 5.82 Å². The van der Waals surface area contributed by atoms with Gasteiger partial charge in [0.15, 0.2) is 0 Å². The minimum absolute atomic E-state index is 0.595. The molecule has 1 aromatic heterocycles. The molecule has 0 atom stereocenters. The van der Waals surface area contributed by atoms with Crippen molar-refractivity contribution >= 4 is 29.0 Å². The number of anilines is 1. The fraction of sp³-hybridized carbons (Fsp3) is 0.308. The summed E-state index contributed by atoms with van der Waals surface area (Å²) >= 11 is 12.1. The Labute approximate surface area is 117 Å². The minimum Gasteiger partial charge on any atom is -0.384 e. The van der Waals surface area contributed by atoms with E-state index in [0.717, 1.165) is 29.7 Å². The number of halogens is 2. The Morgan fingerprint density at radius 2 is 2.06 bits per heavy atom. The molecule has 2 aromatic rings. The SMILES string of the molecule is CCCc1c(-c2ccc(Cl)cc2Cl)nn(C)c1N. The smallest absolute Gasteiger partial charge is 0.125 e. The molecule has 0 saturated carbocycles. The first-order valence-corrected chi connectivity index (χ1v) is 6.57. The summed E-state index contributed by atoms with van der Waals surface area (Å²) < 4.78 is 1.69. The van der Waals surface area contributed by atoms with E-state index < -0.39 is 0 Å². The van der Waals surface area contributed by atoms with Gasteiger partial charge in [0.05, 0.1) is 10.7 Å². The van der Waals surface area contributed by atoms with Crippen LogP contribution in [0.25, 0.3) is 11.3 Å². The molecular formula is C13H15Cl2N3. The van der Waals surface area contributed by atoms with Gasteiger partial charge >= 0.3 is 0 Å². The topological polar surface area (TPSA) is 43.8 Å². The first kappa shape index (κ1) is 13.2. The van der Waals surface area contributed by atoms with Crippen LogP contribution in [0.1, 0.15) is 18.9 Å². The third-order valence-electron chi connectivity index (χ3n) is 2.88. The molecule has 0 aliphatic carbocycles. The largest absolute Gasteiger partial charge is 0.384 e. The van der Waals surface area contributed by atoms with Gasteiger partial charge in [0, 0.05) is 23.2 Å². The molecule has 0 spiro atoms. The summed E-state index contributed by atoms with van der Waals surface area (Å²) in [5, 5.41) is 5.66. The minimum atomic E-state index is 0.595. The van der Waals surface area contributed by atoms with Crippen LogP contribution in [0.3, 0.4) is 0 Å². The fourth-order valence-electron chi connectivity index (χ4n) is 1.98. The van der Waals surface area contributed by atoms with E-state index in [2.05, 4.69) is 12.0 Å². The van der Waals surface area contributed by atoms with E-state index in [-0.39, 0.29) is 0 Å². The molecule has 0 radical (unpaired) electrons. The van der Waals surface area contributed by atoms with E-state index in [9.17, 15) is 0 Å². The number of nitrogens with two attached hydrogens (primary N) is 1. The third-order valence-corrected chi connectivity index (χ3v) is 3.43. The normalized spacial score (nSPS) is 10.9. The Bertz CT molecular complexity index is 576. The van der Waals surface area contributed by atoms with Gasteiger partial charge in [0.2, 0.25) is 0 Å². The van der Waals surface area contributed by atoms with Gasteiger partial charge in [-0.15, -0.1) is 0 Å². The Kier molecular flexibility index (Phi) is 3.83. The Morgan fingerprint density at radius 1 is 1.33 bits per heavy atom. The van der Waals surface area contributed by atoms with Gasteiger partial charge in [-0.25, -0.2) is 0 Å². The van der Waals surface area contributed by atoms with Crippen LogP contribution in [-0.4, -0.2) is 9.78 Å². The molecule has 1 aromatic carbocycles. The maximum Gasteiger partial charge on any atom is 0.125 e. The maximum atomic E-state index is 6.22. The summed E-state index contributed by atoms with van der Waals surface area (Å²) in [6.07, 6.45) is 1.89. The van der Waals surface area contributed by atoms with Crippen LogP contribution in [0.4, 0.5) is 5.82 Å². The third kappa shape index (κ3) is 2.33. The highest BCUT2D eigenvalue weighted by atomic mass is 35.5. The second kappa shape index (κ2) is 5.21. The van der Waals surface area contributed by atoms with Crippen molar-refractivity contribution < 1.29 is 0 Å². The average molecular weight is 284 g/mol. The van der Waals surface area contributed by atoms with Gasteiger partial charge in [-0.2, -0.15) is 5.10 Å². The molecule has 3 nitrogen and oxygen atoms in total. The number of hydrogen-bond acceptors (Lipinski definition) is 2. The molecule has 18 heavy (non-hydrogen) atoms. The fourth-order valence-corrected chi connectivity index (χ4v) is 2.47. The van der Waals surface area contributed by atoms with Crippen molar-refractivity contribution in [1.82, 2.24) is 9.78 Å². The predicted octanol–water partition coefficient (Wildman–Crippen LogP) is 3.93. The van der Waals surface area contributed by atoms with Crippen molar-refractivity contribution in [1.29, 1.82) is 0 Å². The second-order valence-electron chi connectivity index (χ2n) is 4.21. The van der Waals surface area contributed by atoms with Crippen LogP contribution in [0, 0.1) is 0 Å². The van der Waals surface area contributed by atoms with E-state index in [0.29, 0.717) is 15.9 Å². The highest BCUT2D eigenvalue weighted by molar-refractivity contribution is 6.36. The molecule has 0 fully saturated rings. The predicted molar refractivity (Wildman–Crippen MR) is 77.1 cm³/mol. The van der Waals surface area contributed by atoms with Crippen molar-refractivity contribution in [3.63, 3.8) is 0 Å². The first-order chi connectivity index (χ1) is 8.54. The number of aryl methyl sites for hydroxylation is 1. The number of aromatic nitrogens is 2. The summed E-state index contributed by atoms with van der Waals surface area (Å²) in [5.74, 6) is 0.692. The number of nitrogen functional groups attached to an aromatic ring is 1. The Balaban J connectivity index is 2.59. The van der Waals surface area contributed by atoms with Gasteiger partial charge in [0.25, 0.3) is 0 Å². The van der Waals surface area contributed by atoms with E-state index in [1.807, 2.05) is 19.2 Å². The molecular weight excluding hydrogens is 269 g/mol. The van der Waals surface area contributed by atoms with E-state index in [1.165, 1.54) is 0 Å². The Hall–Kier alpha value is -1.19. The van der Waals surface area contributed by atoms with Crippen molar-refractivity contribution in [3.05, 3.63) is 33.8 Å².